The van der Waals surface area contributed by atoms with Gasteiger partial charge in [0.2, 0.25) is 5.91 Å². The lowest BCUT2D eigenvalue weighted by atomic mass is 10.1. The van der Waals surface area contributed by atoms with Crippen LogP contribution in [0.3, 0.4) is 0 Å². The van der Waals surface area contributed by atoms with Crippen LogP contribution in [-0.4, -0.2) is 20.3 Å². The van der Waals surface area contributed by atoms with Gasteiger partial charge in [-0.2, -0.15) is 5.10 Å². The Bertz CT molecular complexity index is 1270. The zero-order valence-corrected chi connectivity index (χ0v) is 18.0. The predicted octanol–water partition coefficient (Wildman–Crippen LogP) is 3.74. The third kappa shape index (κ3) is 4.14. The summed E-state index contributed by atoms with van der Waals surface area (Å²) < 4.78 is 3.37. The van der Waals surface area contributed by atoms with E-state index in [9.17, 15) is 9.59 Å². The summed E-state index contributed by atoms with van der Waals surface area (Å²) in [5, 5.41) is 8.66. The number of carbonyl (C=O) groups excluding carboxylic acids is 1. The number of nitrogens with zero attached hydrogens (tertiary/aromatic N) is 3. The first-order valence-electron chi connectivity index (χ1n) is 10.4. The molecule has 4 aromatic rings. The van der Waals surface area contributed by atoms with Crippen molar-refractivity contribution in [2.75, 3.05) is 0 Å². The summed E-state index contributed by atoms with van der Waals surface area (Å²) in [6.07, 6.45) is 1.69. The summed E-state index contributed by atoms with van der Waals surface area (Å²) in [4.78, 5) is 25.7. The standard InChI is InChI=1S/C25H26N4O2/c1-17(21-12-8-5-9-13-21)27-23(30)16-29-25(31)24-19(3)28(18(2)22(24)14-26-29)15-20-10-6-4-7-11-20/h4-14,17H,15-16H2,1-3H3,(H,27,30)/t17-/m0/s1. The van der Waals surface area contributed by atoms with Crippen molar-refractivity contribution in [3.63, 3.8) is 0 Å². The second-order valence-electron chi connectivity index (χ2n) is 7.84. The maximum absolute atomic E-state index is 13.2. The monoisotopic (exact) mass is 414 g/mol. The van der Waals surface area contributed by atoms with Crippen LogP contribution in [0.25, 0.3) is 10.8 Å². The quantitative estimate of drug-likeness (QED) is 0.523. The molecule has 0 radical (unpaired) electrons. The van der Waals surface area contributed by atoms with Gasteiger partial charge in [-0.05, 0) is 31.9 Å². The van der Waals surface area contributed by atoms with Gasteiger partial charge in [-0.15, -0.1) is 0 Å². The van der Waals surface area contributed by atoms with Crippen LogP contribution in [0.1, 0.15) is 35.5 Å². The van der Waals surface area contributed by atoms with Gasteiger partial charge in [-0.1, -0.05) is 60.7 Å². The maximum Gasteiger partial charge on any atom is 0.276 e. The molecule has 2 aromatic carbocycles. The molecular formula is C25H26N4O2. The van der Waals surface area contributed by atoms with Crippen LogP contribution in [0.4, 0.5) is 0 Å². The van der Waals surface area contributed by atoms with Crippen molar-refractivity contribution in [3.8, 4) is 0 Å². The Morgan fingerprint density at radius 1 is 1.00 bits per heavy atom. The van der Waals surface area contributed by atoms with Crippen molar-refractivity contribution in [2.24, 2.45) is 0 Å². The van der Waals surface area contributed by atoms with Crippen LogP contribution in [0.2, 0.25) is 0 Å². The van der Waals surface area contributed by atoms with Gasteiger partial charge < -0.3 is 9.88 Å². The Morgan fingerprint density at radius 2 is 1.65 bits per heavy atom. The van der Waals surface area contributed by atoms with Crippen LogP contribution in [0.5, 0.6) is 0 Å². The van der Waals surface area contributed by atoms with Gasteiger partial charge >= 0.3 is 0 Å². The van der Waals surface area contributed by atoms with E-state index in [0.29, 0.717) is 11.9 Å². The molecular weight excluding hydrogens is 388 g/mol. The Morgan fingerprint density at radius 3 is 2.32 bits per heavy atom. The summed E-state index contributed by atoms with van der Waals surface area (Å²) in [6.45, 7) is 6.43. The minimum atomic E-state index is -0.247. The molecule has 158 valence electrons. The fraction of sp³-hybridized carbons (Fsp3) is 0.240. The normalized spacial score (nSPS) is 12.1. The lowest BCUT2D eigenvalue weighted by molar-refractivity contribution is -0.122. The number of hydrogen-bond donors (Lipinski definition) is 1. The van der Waals surface area contributed by atoms with Crippen LogP contribution in [-0.2, 0) is 17.9 Å². The lowest BCUT2D eigenvalue weighted by Gasteiger charge is -2.14. The molecule has 0 bridgehead atoms. The van der Waals surface area contributed by atoms with E-state index in [0.717, 1.165) is 27.9 Å². The first-order valence-corrected chi connectivity index (χ1v) is 10.4. The van der Waals surface area contributed by atoms with E-state index in [2.05, 4.69) is 27.1 Å². The zero-order valence-electron chi connectivity index (χ0n) is 18.0. The third-order valence-corrected chi connectivity index (χ3v) is 5.76. The van der Waals surface area contributed by atoms with Crippen molar-refractivity contribution < 1.29 is 4.79 Å². The lowest BCUT2D eigenvalue weighted by Crippen LogP contribution is -2.35. The third-order valence-electron chi connectivity index (χ3n) is 5.76. The first-order chi connectivity index (χ1) is 15.0. The molecule has 0 spiro atoms. The Balaban J connectivity index is 1.60. The van der Waals surface area contributed by atoms with E-state index in [-0.39, 0.29) is 24.1 Å². The smallest absolute Gasteiger partial charge is 0.276 e. The number of aryl methyl sites for hydroxylation is 2. The average molecular weight is 415 g/mol. The van der Waals surface area contributed by atoms with Crippen LogP contribution in [0.15, 0.2) is 71.7 Å². The second kappa shape index (κ2) is 8.60. The Labute approximate surface area is 181 Å². The highest BCUT2D eigenvalue weighted by Gasteiger charge is 2.18. The molecule has 1 N–H and O–H groups in total. The van der Waals surface area contributed by atoms with Gasteiger partial charge in [0.15, 0.2) is 0 Å². The van der Waals surface area contributed by atoms with Crippen LogP contribution < -0.4 is 10.9 Å². The van der Waals surface area contributed by atoms with Gasteiger partial charge in [0, 0.05) is 23.3 Å². The molecule has 1 amide bonds. The number of hydrogen-bond acceptors (Lipinski definition) is 3. The van der Waals surface area contributed by atoms with E-state index < -0.39 is 0 Å². The van der Waals surface area contributed by atoms with Gasteiger partial charge in [-0.3, -0.25) is 9.59 Å². The maximum atomic E-state index is 13.2. The zero-order chi connectivity index (χ0) is 22.0. The van der Waals surface area contributed by atoms with Gasteiger partial charge in [-0.25, -0.2) is 4.68 Å². The molecule has 6 heteroatoms. The highest BCUT2D eigenvalue weighted by molar-refractivity contribution is 5.87. The molecule has 0 aliphatic carbocycles. The second-order valence-corrected chi connectivity index (χ2v) is 7.84. The van der Waals surface area contributed by atoms with Crippen molar-refractivity contribution in [3.05, 3.63) is 99.7 Å². The number of nitrogens with one attached hydrogen (secondary N) is 1. The van der Waals surface area contributed by atoms with E-state index in [1.807, 2.05) is 69.3 Å². The number of carbonyl (C=O) groups is 1. The van der Waals surface area contributed by atoms with Crippen LogP contribution >= 0.6 is 0 Å². The molecule has 0 unspecified atom stereocenters. The number of rotatable bonds is 6. The minimum absolute atomic E-state index is 0.117. The van der Waals surface area contributed by atoms with Crippen molar-refractivity contribution >= 4 is 16.7 Å². The van der Waals surface area contributed by atoms with E-state index in [1.165, 1.54) is 4.68 Å². The molecule has 6 nitrogen and oxygen atoms in total. The largest absolute Gasteiger partial charge is 0.348 e. The van der Waals surface area contributed by atoms with Gasteiger partial charge in [0.05, 0.1) is 17.6 Å². The summed E-state index contributed by atoms with van der Waals surface area (Å²) in [5.41, 5.74) is 3.81. The first kappa shape index (κ1) is 20.6. The molecule has 0 aliphatic rings. The Hall–Kier alpha value is -3.67. The molecule has 0 saturated carbocycles. The number of amides is 1. The van der Waals surface area contributed by atoms with Gasteiger partial charge in [0.25, 0.3) is 5.56 Å². The number of fused-ring (bicyclic) bond motifs is 1. The average Bonchev–Trinajstić information content (AvgIpc) is 3.02. The van der Waals surface area contributed by atoms with Crippen molar-refractivity contribution in [2.45, 2.75) is 39.9 Å². The molecule has 4 rings (SSSR count). The summed E-state index contributed by atoms with van der Waals surface area (Å²) in [6, 6.07) is 19.7. The molecule has 1 atom stereocenters. The molecule has 0 fully saturated rings. The predicted molar refractivity (Wildman–Crippen MR) is 122 cm³/mol. The SMILES string of the molecule is Cc1c2cnn(CC(=O)N[C@@H](C)c3ccccc3)c(=O)c2c(C)n1Cc1ccccc1. The highest BCUT2D eigenvalue weighted by Crippen LogP contribution is 2.23. The minimum Gasteiger partial charge on any atom is -0.348 e. The summed E-state index contributed by atoms with van der Waals surface area (Å²) in [5.74, 6) is -0.247. The topological polar surface area (TPSA) is 68.9 Å². The molecule has 0 aliphatic heterocycles. The van der Waals surface area contributed by atoms with Gasteiger partial charge in [0.1, 0.15) is 6.54 Å². The van der Waals surface area contributed by atoms with Crippen molar-refractivity contribution in [1.82, 2.24) is 19.7 Å². The van der Waals surface area contributed by atoms with E-state index in [4.69, 9.17) is 0 Å². The highest BCUT2D eigenvalue weighted by atomic mass is 16.2. The fourth-order valence-corrected chi connectivity index (χ4v) is 4.01. The number of benzene rings is 2. The van der Waals surface area contributed by atoms with Crippen LogP contribution in [0, 0.1) is 13.8 Å². The summed E-state index contributed by atoms with van der Waals surface area (Å²) >= 11 is 0. The van der Waals surface area contributed by atoms with E-state index >= 15 is 0 Å². The van der Waals surface area contributed by atoms with E-state index in [1.54, 1.807) is 6.20 Å². The fourth-order valence-electron chi connectivity index (χ4n) is 4.01. The molecule has 2 aromatic heterocycles. The summed E-state index contributed by atoms with van der Waals surface area (Å²) in [7, 11) is 0. The number of aromatic nitrogens is 3. The van der Waals surface area contributed by atoms with Crippen molar-refractivity contribution in [1.29, 1.82) is 0 Å². The molecule has 2 heterocycles. The Kier molecular flexibility index (Phi) is 5.71. The molecule has 0 saturated heterocycles. The molecule has 31 heavy (non-hydrogen) atoms.